The summed E-state index contributed by atoms with van der Waals surface area (Å²) < 4.78 is 8.36. The summed E-state index contributed by atoms with van der Waals surface area (Å²) in [6.45, 7) is 0. The van der Waals surface area contributed by atoms with Crippen molar-refractivity contribution in [2.24, 2.45) is 0 Å². The maximum absolute atomic E-state index is 8.36. The van der Waals surface area contributed by atoms with Crippen molar-refractivity contribution in [2.45, 2.75) is 0 Å². The molecule has 4 heteroatoms. The number of rotatable bonds is 0. The molecule has 0 heterocycles. The first kappa shape index (κ1) is 8.86. The molecular weight excluding hydrogens is 49.8 g/mol. The predicted molar refractivity (Wildman–Crippen MR) is 15.8 cm³/mol. The molecule has 0 amide bonds. The van der Waals surface area contributed by atoms with Crippen LogP contribution in [0.25, 0.3) is 0 Å². The molecule has 0 saturated carbocycles. The van der Waals surface area contributed by atoms with E-state index in [0.29, 0.717) is 0 Å². The van der Waals surface area contributed by atoms with Crippen LogP contribution in [0.1, 0.15) is 0 Å². The number of hydrogen-bond acceptors (Lipinski definition) is 1. The first-order valence-corrected chi connectivity index (χ1v) is 0.494. The zero-order chi connectivity index (χ0) is 2.71. The van der Waals surface area contributed by atoms with Crippen LogP contribution in [0.5, 0.6) is 0 Å². The van der Waals surface area contributed by atoms with Crippen molar-refractivity contribution in [3.63, 3.8) is 0 Å². The maximum atomic E-state index is 8.36. The zero-order valence-corrected chi connectivity index (χ0v) is 1.43. The molecule has 0 unspecified atom stereocenters. The molecule has 0 fully saturated rings. The van der Waals surface area contributed by atoms with Gasteiger partial charge in [0.15, 0.2) is 0 Å². The first-order chi connectivity index (χ1) is 1.41. The molecule has 4 heavy (non-hydrogen) atoms. The van der Waals surface area contributed by atoms with Gasteiger partial charge in [0.2, 0.25) is 0 Å². The van der Waals surface area contributed by atoms with Crippen molar-refractivity contribution in [2.75, 3.05) is 0 Å². The van der Waals surface area contributed by atoms with Crippen LogP contribution >= 0.6 is 0 Å². The third-order valence-corrected chi connectivity index (χ3v) is 0. The Morgan fingerprint density at radius 3 is 1.75 bits per heavy atom. The topological polar surface area (TPSA) is 37.3 Å². The predicted octanol–water partition coefficient (Wildman–Crippen LogP) is -1.71. The van der Waals surface area contributed by atoms with E-state index in [0.717, 1.165) is 0 Å². The Hall–Kier alpha value is 0.262. The molecule has 0 spiro atoms. The van der Waals surface area contributed by atoms with E-state index < -0.39 is 0 Å². The van der Waals surface area contributed by atoms with Gasteiger partial charge in [-0.25, -0.2) is 0 Å². The van der Waals surface area contributed by atoms with Gasteiger partial charge in [-0.1, -0.05) is 0 Å². The van der Waals surface area contributed by atoms with Crippen LogP contribution < -0.4 is 0 Å². The van der Waals surface area contributed by atoms with Crippen LogP contribution in [0, 0.1) is 0 Å². The van der Waals surface area contributed by atoms with Crippen LogP contribution in [0.4, 0.5) is 0 Å². The summed E-state index contributed by atoms with van der Waals surface area (Å²) in [5.74, 6) is 0. The zero-order valence-electron chi connectivity index (χ0n) is 1.43. The standard InChI is InChI=1S/BHO2.Li.H/c2-1-3;;/h2H;;. The second-order valence-electron chi connectivity index (χ2n) is 0.105. The molecule has 0 aromatic rings. The van der Waals surface area contributed by atoms with Crippen molar-refractivity contribution < 1.29 is 9.73 Å². The third kappa shape index (κ3) is 52.4. The average Bonchev–Trinajstić information content (AvgIpc) is 0.918. The summed E-state index contributed by atoms with van der Waals surface area (Å²) in [6.07, 6.45) is 0. The average molecular weight is 51.8 g/mol. The summed E-state index contributed by atoms with van der Waals surface area (Å²) in [4.78, 5) is 0. The quantitative estimate of drug-likeness (QED) is 0.333. The van der Waals surface area contributed by atoms with E-state index in [1.54, 1.807) is 0 Å². The van der Waals surface area contributed by atoms with Crippen molar-refractivity contribution in [3.8, 4) is 0 Å². The van der Waals surface area contributed by atoms with E-state index in [-0.39, 0.29) is 26.2 Å². The van der Waals surface area contributed by atoms with Crippen LogP contribution in [-0.2, 0) is 4.70 Å². The molecule has 0 aromatic heterocycles. The Kier molecular flexibility index (Phi) is 23.2. The normalized spacial score (nSPS) is 2.00. The molecule has 0 aromatic carbocycles. The fourth-order valence-electron chi connectivity index (χ4n) is 0. The van der Waals surface area contributed by atoms with Crippen molar-refractivity contribution >= 4 is 26.2 Å². The molecule has 0 bridgehead atoms. The van der Waals surface area contributed by atoms with E-state index in [1.807, 2.05) is 0 Å². The van der Waals surface area contributed by atoms with Crippen LogP contribution in [-0.4, -0.2) is 31.2 Å². The summed E-state index contributed by atoms with van der Waals surface area (Å²) >= 11 is 0. The third-order valence-electron chi connectivity index (χ3n) is 0. The van der Waals surface area contributed by atoms with E-state index in [9.17, 15) is 0 Å². The van der Waals surface area contributed by atoms with E-state index in [4.69, 9.17) is 9.73 Å². The van der Waals surface area contributed by atoms with Crippen LogP contribution in [0.2, 0.25) is 0 Å². The van der Waals surface area contributed by atoms with Crippen LogP contribution in [0.15, 0.2) is 0 Å². The second-order valence-corrected chi connectivity index (χ2v) is 0.105. The SMILES string of the molecule is O=BO.[LiH]. The van der Waals surface area contributed by atoms with E-state index >= 15 is 0 Å². The minimum absolute atomic E-state index is 0. The summed E-state index contributed by atoms with van der Waals surface area (Å²) in [5, 5.41) is 6.89. The van der Waals surface area contributed by atoms with Gasteiger partial charge >= 0.3 is 35.9 Å². The van der Waals surface area contributed by atoms with Gasteiger partial charge in [0.1, 0.15) is 0 Å². The Morgan fingerprint density at radius 2 is 1.75 bits per heavy atom. The van der Waals surface area contributed by atoms with Gasteiger partial charge in [-0.15, -0.1) is 0 Å². The Bertz CT molecular complexity index is 13.5. The second kappa shape index (κ2) is 10.5. The summed E-state index contributed by atoms with van der Waals surface area (Å²) in [6, 6.07) is 0. The van der Waals surface area contributed by atoms with Crippen LogP contribution in [0.3, 0.4) is 0 Å². The van der Waals surface area contributed by atoms with E-state index in [1.165, 1.54) is 0 Å². The summed E-state index contributed by atoms with van der Waals surface area (Å²) in [7, 11) is -0.250. The molecule has 0 aliphatic carbocycles. The monoisotopic (exact) mass is 52.0 g/mol. The molecule has 18 valence electrons. The molecular formula is H2BLiO2. The molecule has 2 nitrogen and oxygen atoms in total. The van der Waals surface area contributed by atoms with E-state index in [2.05, 4.69) is 0 Å². The summed E-state index contributed by atoms with van der Waals surface area (Å²) in [5.41, 5.74) is 0. The Labute approximate surface area is 36.7 Å². The Morgan fingerprint density at radius 1 is 1.75 bits per heavy atom. The fourth-order valence-corrected chi connectivity index (χ4v) is 0. The van der Waals surface area contributed by atoms with Gasteiger partial charge in [0, 0.05) is 0 Å². The minimum atomic E-state index is -0.250. The van der Waals surface area contributed by atoms with Crippen molar-refractivity contribution in [1.82, 2.24) is 0 Å². The fraction of sp³-hybridized carbons (Fsp3) is 0. The molecule has 0 saturated heterocycles. The number of hydrogen-bond donors (Lipinski definition) is 1. The van der Waals surface area contributed by atoms with Gasteiger partial charge in [0.05, 0.1) is 0 Å². The van der Waals surface area contributed by atoms with Gasteiger partial charge in [-0.3, -0.25) is 0 Å². The molecule has 0 atom stereocenters. The van der Waals surface area contributed by atoms with Crippen molar-refractivity contribution in [1.29, 1.82) is 0 Å². The van der Waals surface area contributed by atoms with Gasteiger partial charge < -0.3 is 0 Å². The Balaban J connectivity index is 0. The van der Waals surface area contributed by atoms with Crippen molar-refractivity contribution in [3.05, 3.63) is 0 Å². The van der Waals surface area contributed by atoms with Gasteiger partial charge in [-0.2, -0.15) is 0 Å². The van der Waals surface area contributed by atoms with Gasteiger partial charge in [0.25, 0.3) is 0 Å². The molecule has 0 aliphatic heterocycles. The molecule has 0 aliphatic rings. The first-order valence-electron chi connectivity index (χ1n) is 0.494. The molecule has 0 rings (SSSR count). The molecule has 1 N–H and O–H groups in total. The van der Waals surface area contributed by atoms with Gasteiger partial charge in [-0.05, 0) is 0 Å². The molecule has 0 radical (unpaired) electrons.